The molecule has 0 unspecified atom stereocenters. The van der Waals surface area contributed by atoms with Crippen LogP contribution in [0.5, 0.6) is 0 Å². The van der Waals surface area contributed by atoms with Crippen molar-refractivity contribution in [2.75, 3.05) is 45.2 Å². The molecule has 0 heterocycles. The fraction of sp³-hybridized carbons (Fsp3) is 0.500. The summed E-state index contributed by atoms with van der Waals surface area (Å²) in [4.78, 5) is 27.4. The van der Waals surface area contributed by atoms with Gasteiger partial charge in [0.15, 0.2) is 0 Å². The first-order valence-corrected chi connectivity index (χ1v) is 7.58. The van der Waals surface area contributed by atoms with E-state index in [9.17, 15) is 9.59 Å². The molecule has 0 saturated carbocycles. The van der Waals surface area contributed by atoms with Gasteiger partial charge in [-0.15, -0.1) is 0 Å². The molecule has 6 nitrogen and oxygen atoms in total. The Morgan fingerprint density at radius 1 is 0.955 bits per heavy atom. The third kappa shape index (κ3) is 5.27. The number of carbonyl (C=O) groups excluding carboxylic acids is 2. The maximum Gasteiger partial charge on any atom is 0.317 e. The van der Waals surface area contributed by atoms with E-state index >= 15 is 0 Å². The van der Waals surface area contributed by atoms with Gasteiger partial charge in [0, 0.05) is 51.5 Å². The molecule has 0 aromatic heterocycles. The number of urea groups is 1. The molecule has 1 rings (SSSR count). The lowest BCUT2D eigenvalue weighted by molar-refractivity contribution is 0.0953. The topological polar surface area (TPSA) is 64.7 Å². The van der Waals surface area contributed by atoms with Crippen LogP contribution in [0.15, 0.2) is 24.3 Å². The van der Waals surface area contributed by atoms with Crippen molar-refractivity contribution in [2.45, 2.75) is 13.8 Å². The molecule has 3 amide bonds. The first-order valence-electron chi connectivity index (χ1n) is 7.58. The molecule has 0 radical (unpaired) electrons. The van der Waals surface area contributed by atoms with Crippen LogP contribution in [-0.4, -0.2) is 57.1 Å². The summed E-state index contributed by atoms with van der Waals surface area (Å²) in [5.74, 6) is -0.137. The first-order chi connectivity index (χ1) is 10.5. The minimum atomic E-state index is -0.137. The number of nitrogens with zero attached hydrogens (tertiary/aromatic N) is 2. The minimum Gasteiger partial charge on any atom is -0.378 e. The zero-order valence-corrected chi connectivity index (χ0v) is 13.8. The van der Waals surface area contributed by atoms with E-state index < -0.39 is 0 Å². The smallest absolute Gasteiger partial charge is 0.317 e. The van der Waals surface area contributed by atoms with Crippen molar-refractivity contribution in [2.24, 2.45) is 0 Å². The predicted octanol–water partition coefficient (Wildman–Crippen LogP) is 1.53. The predicted molar refractivity (Wildman–Crippen MR) is 89.4 cm³/mol. The Labute approximate surface area is 132 Å². The third-order valence-corrected chi connectivity index (χ3v) is 3.38. The highest BCUT2D eigenvalue weighted by Crippen LogP contribution is 2.11. The van der Waals surface area contributed by atoms with Gasteiger partial charge in [0.1, 0.15) is 0 Å². The lowest BCUT2D eigenvalue weighted by atomic mass is 10.2. The molecule has 0 aliphatic heterocycles. The molecule has 0 saturated heterocycles. The Balaban J connectivity index is 2.36. The highest BCUT2D eigenvalue weighted by molar-refractivity contribution is 5.94. The molecule has 6 heteroatoms. The number of amides is 3. The Morgan fingerprint density at radius 2 is 1.50 bits per heavy atom. The van der Waals surface area contributed by atoms with Crippen molar-refractivity contribution in [3.63, 3.8) is 0 Å². The summed E-state index contributed by atoms with van der Waals surface area (Å²) in [6.07, 6.45) is 0. The van der Waals surface area contributed by atoms with E-state index in [0.717, 1.165) is 5.69 Å². The molecule has 0 aliphatic carbocycles. The van der Waals surface area contributed by atoms with Crippen LogP contribution in [0.1, 0.15) is 24.2 Å². The van der Waals surface area contributed by atoms with Crippen molar-refractivity contribution in [1.29, 1.82) is 0 Å². The van der Waals surface area contributed by atoms with Crippen LogP contribution in [0, 0.1) is 0 Å². The second kappa shape index (κ2) is 8.92. The first kappa shape index (κ1) is 17.8. The van der Waals surface area contributed by atoms with Gasteiger partial charge in [0.05, 0.1) is 0 Å². The number of rotatable bonds is 7. The number of carbonyl (C=O) groups is 2. The van der Waals surface area contributed by atoms with E-state index in [-0.39, 0.29) is 11.9 Å². The van der Waals surface area contributed by atoms with Gasteiger partial charge in [0.2, 0.25) is 0 Å². The van der Waals surface area contributed by atoms with Crippen molar-refractivity contribution >= 4 is 17.6 Å². The highest BCUT2D eigenvalue weighted by Gasteiger charge is 2.09. The van der Waals surface area contributed by atoms with Gasteiger partial charge in [-0.1, -0.05) is 0 Å². The van der Waals surface area contributed by atoms with Crippen molar-refractivity contribution in [3.05, 3.63) is 29.8 Å². The quantitative estimate of drug-likeness (QED) is 0.751. The van der Waals surface area contributed by atoms with Crippen molar-refractivity contribution in [3.8, 4) is 0 Å². The van der Waals surface area contributed by atoms with Gasteiger partial charge in [-0.3, -0.25) is 4.79 Å². The number of hydrogen-bond acceptors (Lipinski definition) is 3. The number of anilines is 1. The van der Waals surface area contributed by atoms with E-state index in [4.69, 9.17) is 0 Å². The maximum absolute atomic E-state index is 12.0. The number of benzene rings is 1. The van der Waals surface area contributed by atoms with Gasteiger partial charge in [0.25, 0.3) is 5.91 Å². The Hall–Kier alpha value is -2.24. The van der Waals surface area contributed by atoms with Gasteiger partial charge in [-0.05, 0) is 38.1 Å². The molecule has 0 fully saturated rings. The van der Waals surface area contributed by atoms with E-state index in [2.05, 4.69) is 10.6 Å². The zero-order chi connectivity index (χ0) is 16.5. The lowest BCUT2D eigenvalue weighted by Gasteiger charge is -2.19. The molecule has 122 valence electrons. The average Bonchev–Trinajstić information content (AvgIpc) is 2.52. The van der Waals surface area contributed by atoms with Crippen molar-refractivity contribution < 1.29 is 9.59 Å². The van der Waals surface area contributed by atoms with E-state index in [1.165, 1.54) is 0 Å². The molecule has 0 bridgehead atoms. The lowest BCUT2D eigenvalue weighted by Crippen LogP contribution is -2.42. The summed E-state index contributed by atoms with van der Waals surface area (Å²) in [5.41, 5.74) is 1.66. The second-order valence-electron chi connectivity index (χ2n) is 5.10. The molecule has 1 aromatic rings. The largest absolute Gasteiger partial charge is 0.378 e. The van der Waals surface area contributed by atoms with E-state index in [1.807, 2.05) is 45.0 Å². The summed E-state index contributed by atoms with van der Waals surface area (Å²) in [7, 11) is 3.90. The van der Waals surface area contributed by atoms with Crippen LogP contribution < -0.4 is 15.5 Å². The Morgan fingerprint density at radius 3 is 2.00 bits per heavy atom. The van der Waals surface area contributed by atoms with Crippen molar-refractivity contribution in [1.82, 2.24) is 15.5 Å². The molecule has 0 spiro atoms. The molecule has 22 heavy (non-hydrogen) atoms. The highest BCUT2D eigenvalue weighted by atomic mass is 16.2. The SMILES string of the molecule is CCN(CC)C(=O)NCCNC(=O)c1ccc(N(C)C)cc1. The van der Waals surface area contributed by atoms with Gasteiger partial charge in [-0.25, -0.2) is 4.79 Å². The monoisotopic (exact) mass is 306 g/mol. The Kier molecular flexibility index (Phi) is 7.22. The molecule has 2 N–H and O–H groups in total. The fourth-order valence-electron chi connectivity index (χ4n) is 1.98. The molecule has 1 aromatic carbocycles. The van der Waals surface area contributed by atoms with Crippen LogP contribution in [0.2, 0.25) is 0 Å². The van der Waals surface area contributed by atoms with Crippen LogP contribution >= 0.6 is 0 Å². The summed E-state index contributed by atoms with van der Waals surface area (Å²) >= 11 is 0. The van der Waals surface area contributed by atoms with Crippen LogP contribution in [0.4, 0.5) is 10.5 Å². The molecule has 0 aliphatic rings. The normalized spacial score (nSPS) is 10.0. The summed E-state index contributed by atoms with van der Waals surface area (Å²) in [5, 5.41) is 5.57. The summed E-state index contributed by atoms with van der Waals surface area (Å²) in [6.45, 7) is 6.03. The number of hydrogen-bond donors (Lipinski definition) is 2. The van der Waals surface area contributed by atoms with Crippen LogP contribution in [-0.2, 0) is 0 Å². The fourth-order valence-corrected chi connectivity index (χ4v) is 1.98. The van der Waals surface area contributed by atoms with Gasteiger partial charge < -0.3 is 20.4 Å². The molecular formula is C16H26N4O2. The standard InChI is InChI=1S/C16H26N4O2/c1-5-20(6-2)16(22)18-12-11-17-15(21)13-7-9-14(10-8-13)19(3)4/h7-10H,5-6,11-12H2,1-4H3,(H,17,21)(H,18,22). The zero-order valence-electron chi connectivity index (χ0n) is 13.8. The second-order valence-corrected chi connectivity index (χ2v) is 5.10. The Bertz CT molecular complexity index is 481. The molecule has 0 atom stereocenters. The van der Waals surface area contributed by atoms with Crippen LogP contribution in [0.25, 0.3) is 0 Å². The number of nitrogens with one attached hydrogen (secondary N) is 2. The summed E-state index contributed by atoms with van der Waals surface area (Å²) in [6, 6.07) is 7.28. The van der Waals surface area contributed by atoms with E-state index in [1.54, 1.807) is 17.0 Å². The van der Waals surface area contributed by atoms with Gasteiger partial charge in [-0.2, -0.15) is 0 Å². The van der Waals surface area contributed by atoms with E-state index in [0.29, 0.717) is 31.7 Å². The minimum absolute atomic E-state index is 0.102. The average molecular weight is 306 g/mol. The third-order valence-electron chi connectivity index (χ3n) is 3.38. The van der Waals surface area contributed by atoms with Crippen LogP contribution in [0.3, 0.4) is 0 Å². The maximum atomic E-state index is 12.0. The van der Waals surface area contributed by atoms with Gasteiger partial charge >= 0.3 is 6.03 Å². The molecular weight excluding hydrogens is 280 g/mol. The summed E-state index contributed by atoms with van der Waals surface area (Å²) < 4.78 is 0.